The molecule has 0 spiro atoms. The van der Waals surface area contributed by atoms with Gasteiger partial charge in [0.15, 0.2) is 0 Å². The predicted octanol–water partition coefficient (Wildman–Crippen LogP) is 2.90. The highest BCUT2D eigenvalue weighted by Gasteiger charge is 2.20. The van der Waals surface area contributed by atoms with Crippen LogP contribution in [0.1, 0.15) is 31.1 Å². The summed E-state index contributed by atoms with van der Waals surface area (Å²) in [4.78, 5) is 25.0. The van der Waals surface area contributed by atoms with Gasteiger partial charge in [0, 0.05) is 19.2 Å². The van der Waals surface area contributed by atoms with Gasteiger partial charge in [0.2, 0.25) is 0 Å². The number of carbonyl (C=O) groups is 2. The lowest BCUT2D eigenvalue weighted by Crippen LogP contribution is -2.41. The molecule has 1 rings (SSSR count). The van der Waals surface area contributed by atoms with Crippen LogP contribution >= 0.6 is 0 Å². The number of nitrogens with one attached hydrogen (secondary N) is 1. The van der Waals surface area contributed by atoms with Gasteiger partial charge in [0.25, 0.3) is 0 Å². The zero-order chi connectivity index (χ0) is 16.2. The average molecular weight is 294 g/mol. The number of rotatable bonds is 5. The first-order valence-electron chi connectivity index (χ1n) is 6.73. The van der Waals surface area contributed by atoms with Gasteiger partial charge in [-0.1, -0.05) is 13.8 Å². The van der Waals surface area contributed by atoms with Gasteiger partial charge in [-0.15, -0.1) is 0 Å². The van der Waals surface area contributed by atoms with Crippen molar-refractivity contribution in [3.63, 3.8) is 0 Å². The van der Waals surface area contributed by atoms with Crippen LogP contribution in [0.3, 0.4) is 0 Å². The van der Waals surface area contributed by atoms with E-state index >= 15 is 0 Å². The van der Waals surface area contributed by atoms with Crippen molar-refractivity contribution in [2.45, 2.75) is 26.8 Å². The summed E-state index contributed by atoms with van der Waals surface area (Å²) in [5, 5.41) is 11.8. The van der Waals surface area contributed by atoms with E-state index in [2.05, 4.69) is 5.32 Å². The minimum atomic E-state index is -1.10. The van der Waals surface area contributed by atoms with Gasteiger partial charge in [-0.3, -0.25) is 0 Å². The highest BCUT2D eigenvalue weighted by Crippen LogP contribution is 2.23. The Balaban J connectivity index is 3.00. The number of benzene rings is 1. The third kappa shape index (κ3) is 4.11. The molecule has 116 valence electrons. The van der Waals surface area contributed by atoms with E-state index in [0.717, 1.165) is 0 Å². The zero-order valence-corrected chi connectivity index (χ0v) is 13.0. The van der Waals surface area contributed by atoms with Crippen molar-refractivity contribution in [3.8, 4) is 5.75 Å². The number of carboxylic acid groups (broad SMARTS) is 1. The van der Waals surface area contributed by atoms with Crippen molar-refractivity contribution in [1.82, 2.24) is 4.90 Å². The monoisotopic (exact) mass is 294 g/mol. The van der Waals surface area contributed by atoms with Gasteiger partial charge in [-0.25, -0.2) is 9.59 Å². The first kappa shape index (κ1) is 16.8. The van der Waals surface area contributed by atoms with Crippen LogP contribution in [0.2, 0.25) is 0 Å². The number of urea groups is 1. The summed E-state index contributed by atoms with van der Waals surface area (Å²) in [6, 6.07) is 4.12. The average Bonchev–Trinajstić information content (AvgIpc) is 2.44. The van der Waals surface area contributed by atoms with Crippen LogP contribution < -0.4 is 10.1 Å². The number of hydrogen-bond donors (Lipinski definition) is 2. The number of amides is 2. The Hall–Kier alpha value is -2.24. The number of methoxy groups -OCH3 is 1. The molecule has 0 bridgehead atoms. The summed E-state index contributed by atoms with van der Waals surface area (Å²) in [7, 11) is 3.16. The molecule has 0 aliphatic rings. The SMILES string of the molecule is COc1ccc(C(=O)O)c(NC(=O)N(C)C(C)C(C)C)c1. The molecule has 0 radical (unpaired) electrons. The largest absolute Gasteiger partial charge is 0.497 e. The van der Waals surface area contributed by atoms with Gasteiger partial charge in [-0.2, -0.15) is 0 Å². The van der Waals surface area contributed by atoms with Crippen molar-refractivity contribution in [3.05, 3.63) is 23.8 Å². The second-order valence-corrected chi connectivity index (χ2v) is 5.24. The molecule has 1 atom stereocenters. The van der Waals surface area contributed by atoms with E-state index in [1.165, 1.54) is 19.2 Å². The molecule has 0 heterocycles. The molecule has 2 N–H and O–H groups in total. The standard InChI is InChI=1S/C15H22N2O4/c1-9(2)10(3)17(4)15(20)16-13-8-11(21-5)6-7-12(13)14(18)19/h6-10H,1-5H3,(H,16,20)(H,18,19). The summed E-state index contributed by atoms with van der Waals surface area (Å²) in [6.45, 7) is 5.97. The van der Waals surface area contributed by atoms with E-state index in [0.29, 0.717) is 11.7 Å². The quantitative estimate of drug-likeness (QED) is 0.875. The Labute approximate surface area is 124 Å². The lowest BCUT2D eigenvalue weighted by atomic mass is 10.1. The van der Waals surface area contributed by atoms with Crippen molar-refractivity contribution >= 4 is 17.7 Å². The van der Waals surface area contributed by atoms with E-state index in [1.54, 1.807) is 18.0 Å². The maximum Gasteiger partial charge on any atom is 0.337 e. The second-order valence-electron chi connectivity index (χ2n) is 5.24. The normalized spacial score (nSPS) is 11.9. The maximum absolute atomic E-state index is 12.2. The van der Waals surface area contributed by atoms with Crippen molar-refractivity contribution in [2.24, 2.45) is 5.92 Å². The fraction of sp³-hybridized carbons (Fsp3) is 0.467. The highest BCUT2D eigenvalue weighted by molar-refractivity contribution is 6.00. The predicted molar refractivity (Wildman–Crippen MR) is 81.0 cm³/mol. The molecule has 0 saturated heterocycles. The van der Waals surface area contributed by atoms with E-state index in [-0.39, 0.29) is 23.3 Å². The van der Waals surface area contributed by atoms with Crippen LogP contribution in [-0.4, -0.2) is 42.2 Å². The molecule has 21 heavy (non-hydrogen) atoms. The number of nitrogens with zero attached hydrogens (tertiary/aromatic N) is 1. The lowest BCUT2D eigenvalue weighted by molar-refractivity contribution is 0.0698. The lowest BCUT2D eigenvalue weighted by Gasteiger charge is -2.28. The molecule has 1 aromatic carbocycles. The minimum absolute atomic E-state index is 0.0229. The molecular formula is C15H22N2O4. The fourth-order valence-corrected chi connectivity index (χ4v) is 1.78. The second kappa shape index (κ2) is 6.97. The van der Waals surface area contributed by atoms with Gasteiger partial charge in [0.1, 0.15) is 5.75 Å². The molecule has 0 aromatic heterocycles. The van der Waals surface area contributed by atoms with Gasteiger partial charge < -0.3 is 20.1 Å². The number of anilines is 1. The molecule has 0 aliphatic carbocycles. The van der Waals surface area contributed by atoms with Crippen molar-refractivity contribution in [1.29, 1.82) is 0 Å². The molecule has 6 heteroatoms. The van der Waals surface area contributed by atoms with E-state index in [9.17, 15) is 14.7 Å². The molecular weight excluding hydrogens is 272 g/mol. The maximum atomic E-state index is 12.2. The van der Waals surface area contributed by atoms with Gasteiger partial charge in [-0.05, 0) is 25.0 Å². The Bertz CT molecular complexity index is 528. The fourth-order valence-electron chi connectivity index (χ4n) is 1.78. The Kier molecular flexibility index (Phi) is 5.58. The van der Waals surface area contributed by atoms with Crippen molar-refractivity contribution in [2.75, 3.05) is 19.5 Å². The van der Waals surface area contributed by atoms with Crippen LogP contribution in [-0.2, 0) is 0 Å². The van der Waals surface area contributed by atoms with E-state index < -0.39 is 5.97 Å². The third-order valence-electron chi connectivity index (χ3n) is 3.59. The van der Waals surface area contributed by atoms with E-state index in [1.807, 2.05) is 20.8 Å². The summed E-state index contributed by atoms with van der Waals surface area (Å²) in [5.74, 6) is -0.327. The minimum Gasteiger partial charge on any atom is -0.497 e. The number of hydrogen-bond acceptors (Lipinski definition) is 3. The molecule has 2 amide bonds. The molecule has 0 fully saturated rings. The van der Waals surface area contributed by atoms with E-state index in [4.69, 9.17) is 4.74 Å². The number of carbonyl (C=O) groups excluding carboxylic acids is 1. The number of carboxylic acids is 1. The first-order chi connectivity index (χ1) is 9.77. The van der Waals surface area contributed by atoms with Crippen LogP contribution in [0.5, 0.6) is 5.75 Å². The Morgan fingerprint density at radius 2 is 1.90 bits per heavy atom. The first-order valence-corrected chi connectivity index (χ1v) is 6.73. The summed E-state index contributed by atoms with van der Waals surface area (Å²) in [5.41, 5.74) is 0.240. The Morgan fingerprint density at radius 1 is 1.29 bits per heavy atom. The van der Waals surface area contributed by atoms with Crippen LogP contribution in [0.15, 0.2) is 18.2 Å². The highest BCUT2D eigenvalue weighted by atomic mass is 16.5. The van der Waals surface area contributed by atoms with Gasteiger partial charge in [0.05, 0.1) is 18.4 Å². The van der Waals surface area contributed by atoms with Crippen LogP contribution in [0.25, 0.3) is 0 Å². The number of ether oxygens (including phenoxy) is 1. The Morgan fingerprint density at radius 3 is 2.38 bits per heavy atom. The summed E-state index contributed by atoms with van der Waals surface area (Å²) in [6.07, 6.45) is 0. The molecule has 1 aromatic rings. The summed E-state index contributed by atoms with van der Waals surface area (Å²) >= 11 is 0. The van der Waals surface area contributed by atoms with Crippen LogP contribution in [0, 0.1) is 5.92 Å². The molecule has 0 aliphatic heterocycles. The van der Waals surface area contributed by atoms with Gasteiger partial charge >= 0.3 is 12.0 Å². The number of aromatic carboxylic acids is 1. The topological polar surface area (TPSA) is 78.9 Å². The molecule has 6 nitrogen and oxygen atoms in total. The third-order valence-corrected chi connectivity index (χ3v) is 3.59. The molecule has 0 saturated carbocycles. The zero-order valence-electron chi connectivity index (χ0n) is 13.0. The smallest absolute Gasteiger partial charge is 0.337 e. The van der Waals surface area contributed by atoms with Crippen molar-refractivity contribution < 1.29 is 19.4 Å². The van der Waals surface area contributed by atoms with Crippen LogP contribution in [0.4, 0.5) is 10.5 Å². The summed E-state index contributed by atoms with van der Waals surface area (Å²) < 4.78 is 5.06. The molecule has 1 unspecified atom stereocenters.